The van der Waals surface area contributed by atoms with Gasteiger partial charge in [0.25, 0.3) is 0 Å². The number of alkyl halides is 3. The van der Waals surface area contributed by atoms with E-state index in [0.717, 1.165) is 34.1 Å². The van der Waals surface area contributed by atoms with Crippen LogP contribution in [-0.2, 0) is 16.9 Å². The number of hydrogen-bond donors (Lipinski definition) is 1. The molecule has 4 nitrogen and oxygen atoms in total. The molecule has 0 N–H and O–H groups in total. The molecule has 0 fully saturated rings. The van der Waals surface area contributed by atoms with Crippen LogP contribution in [0.5, 0.6) is 0 Å². The van der Waals surface area contributed by atoms with Crippen molar-refractivity contribution in [1.29, 1.82) is 0 Å². The van der Waals surface area contributed by atoms with Crippen LogP contribution in [0.25, 0.3) is 15.9 Å². The summed E-state index contributed by atoms with van der Waals surface area (Å²) >= 11 is 6.71. The molecule has 10 heteroatoms. The van der Waals surface area contributed by atoms with Crippen molar-refractivity contribution in [3.8, 4) is 5.69 Å². The van der Waals surface area contributed by atoms with Crippen LogP contribution in [0.2, 0.25) is 5.02 Å². The number of fused-ring (bicyclic) bond motifs is 1. The van der Waals surface area contributed by atoms with Crippen molar-refractivity contribution in [2.24, 2.45) is 0 Å². The summed E-state index contributed by atoms with van der Waals surface area (Å²) in [6.07, 6.45) is -4.54. The standard InChI is InChI=1S/C14H7ClF3NO3S2/c15-9-5-7(14(16,17)18)1-3-10(9)19-11-4-2-8(24(21)22)6-12(11)23-13(19)20/h1-6,24H. The molecule has 24 heavy (non-hydrogen) atoms. The fourth-order valence-corrected chi connectivity index (χ4v) is 3.92. The molecular formula is C14H7ClF3NO3S2. The third-order valence-corrected chi connectivity index (χ3v) is 5.20. The second-order valence-corrected chi connectivity index (χ2v) is 7.21. The molecule has 0 saturated heterocycles. The van der Waals surface area contributed by atoms with Crippen LogP contribution in [0.15, 0.2) is 46.1 Å². The minimum atomic E-state index is -4.54. The van der Waals surface area contributed by atoms with E-state index in [1.54, 1.807) is 0 Å². The first-order valence-electron chi connectivity index (χ1n) is 6.35. The van der Waals surface area contributed by atoms with Crippen molar-refractivity contribution in [1.82, 2.24) is 4.57 Å². The van der Waals surface area contributed by atoms with Gasteiger partial charge in [-0.1, -0.05) is 22.9 Å². The largest absolute Gasteiger partial charge is 0.416 e. The van der Waals surface area contributed by atoms with Gasteiger partial charge in [-0.2, -0.15) is 13.2 Å². The predicted octanol–water partition coefficient (Wildman–Crippen LogP) is 3.69. The van der Waals surface area contributed by atoms with Gasteiger partial charge in [-0.3, -0.25) is 9.36 Å². The average Bonchev–Trinajstić information content (AvgIpc) is 2.81. The van der Waals surface area contributed by atoms with Gasteiger partial charge in [0.1, 0.15) is 0 Å². The maximum atomic E-state index is 12.7. The molecule has 0 saturated carbocycles. The second-order valence-electron chi connectivity index (χ2n) is 4.78. The lowest BCUT2D eigenvalue weighted by Gasteiger charge is -2.11. The number of nitrogens with zero attached hydrogens (tertiary/aromatic N) is 1. The van der Waals surface area contributed by atoms with E-state index in [1.807, 2.05) is 0 Å². The summed E-state index contributed by atoms with van der Waals surface area (Å²) in [7, 11) is -2.80. The average molecular weight is 394 g/mol. The topological polar surface area (TPSA) is 56.1 Å². The Bertz CT molecular complexity index is 1080. The highest BCUT2D eigenvalue weighted by atomic mass is 35.5. The van der Waals surface area contributed by atoms with E-state index in [0.29, 0.717) is 10.2 Å². The number of thiol groups is 1. The van der Waals surface area contributed by atoms with E-state index >= 15 is 0 Å². The molecule has 0 unspecified atom stereocenters. The Morgan fingerprint density at radius 3 is 2.38 bits per heavy atom. The smallest absolute Gasteiger partial charge is 0.266 e. The van der Waals surface area contributed by atoms with Crippen LogP contribution >= 0.6 is 22.9 Å². The molecule has 126 valence electrons. The molecule has 0 amide bonds. The Labute approximate surface area is 143 Å². The summed E-state index contributed by atoms with van der Waals surface area (Å²) in [5.41, 5.74) is -0.457. The Balaban J connectivity index is 2.23. The van der Waals surface area contributed by atoms with Crippen molar-refractivity contribution < 1.29 is 21.6 Å². The van der Waals surface area contributed by atoms with Crippen LogP contribution in [0.4, 0.5) is 13.2 Å². The van der Waals surface area contributed by atoms with E-state index in [4.69, 9.17) is 11.6 Å². The summed E-state index contributed by atoms with van der Waals surface area (Å²) < 4.78 is 61.7. The zero-order valence-corrected chi connectivity index (χ0v) is 14.0. The zero-order valence-electron chi connectivity index (χ0n) is 11.5. The van der Waals surface area contributed by atoms with Crippen LogP contribution in [0.3, 0.4) is 0 Å². The molecule has 0 bridgehead atoms. The highest BCUT2D eigenvalue weighted by Crippen LogP contribution is 2.34. The highest BCUT2D eigenvalue weighted by Gasteiger charge is 2.31. The van der Waals surface area contributed by atoms with Crippen LogP contribution in [0.1, 0.15) is 5.56 Å². The predicted molar refractivity (Wildman–Crippen MR) is 86.0 cm³/mol. The Morgan fingerprint density at radius 1 is 1.08 bits per heavy atom. The molecule has 0 spiro atoms. The Morgan fingerprint density at radius 2 is 1.79 bits per heavy atom. The minimum Gasteiger partial charge on any atom is -0.266 e. The van der Waals surface area contributed by atoms with Crippen molar-refractivity contribution in [3.05, 3.63) is 56.7 Å². The van der Waals surface area contributed by atoms with Crippen molar-refractivity contribution >= 4 is 43.9 Å². The molecule has 3 aromatic rings. The minimum absolute atomic E-state index is 0.0458. The molecule has 0 radical (unpaired) electrons. The first-order valence-corrected chi connectivity index (χ1v) is 8.73. The van der Waals surface area contributed by atoms with E-state index in [1.165, 1.54) is 18.2 Å². The number of hydrogen-bond acceptors (Lipinski definition) is 4. The third-order valence-electron chi connectivity index (χ3n) is 3.29. The molecular weight excluding hydrogens is 387 g/mol. The maximum absolute atomic E-state index is 12.7. The van der Waals surface area contributed by atoms with Crippen LogP contribution in [0, 0.1) is 0 Å². The monoisotopic (exact) mass is 393 g/mol. The number of thiazole rings is 1. The van der Waals surface area contributed by atoms with Gasteiger partial charge in [-0.05, 0) is 36.4 Å². The van der Waals surface area contributed by atoms with Gasteiger partial charge < -0.3 is 0 Å². The quantitative estimate of drug-likeness (QED) is 0.675. The van der Waals surface area contributed by atoms with Crippen LogP contribution in [-0.4, -0.2) is 13.0 Å². The second kappa shape index (κ2) is 5.91. The van der Waals surface area contributed by atoms with Gasteiger partial charge in [-0.25, -0.2) is 8.42 Å². The third kappa shape index (κ3) is 2.94. The number of rotatable bonds is 2. The normalized spacial score (nSPS) is 12.2. The fraction of sp³-hybridized carbons (Fsp3) is 0.0714. The lowest BCUT2D eigenvalue weighted by atomic mass is 10.2. The van der Waals surface area contributed by atoms with E-state index in [9.17, 15) is 26.4 Å². The van der Waals surface area contributed by atoms with Gasteiger partial charge in [0.15, 0.2) is 10.7 Å². The summed E-state index contributed by atoms with van der Waals surface area (Å²) in [5, 5.41) is -0.231. The molecule has 0 aliphatic carbocycles. The lowest BCUT2D eigenvalue weighted by Crippen LogP contribution is -2.12. The van der Waals surface area contributed by atoms with Crippen molar-refractivity contribution in [2.45, 2.75) is 11.1 Å². The molecule has 0 atom stereocenters. The molecule has 3 rings (SSSR count). The van der Waals surface area contributed by atoms with E-state index < -0.39 is 27.3 Å². The molecule has 2 aromatic carbocycles. The van der Waals surface area contributed by atoms with Gasteiger partial charge >= 0.3 is 11.0 Å². The summed E-state index contributed by atoms with van der Waals surface area (Å²) in [4.78, 5) is 11.8. The highest BCUT2D eigenvalue weighted by molar-refractivity contribution is 7.72. The van der Waals surface area contributed by atoms with E-state index in [-0.39, 0.29) is 15.6 Å². The van der Waals surface area contributed by atoms with Gasteiger partial charge in [0.05, 0.1) is 31.4 Å². The summed E-state index contributed by atoms with van der Waals surface area (Å²) in [5.74, 6) is 0. The van der Waals surface area contributed by atoms with E-state index in [2.05, 4.69) is 0 Å². The summed E-state index contributed by atoms with van der Waals surface area (Å²) in [6.45, 7) is 0. The molecule has 0 aliphatic heterocycles. The first-order chi connectivity index (χ1) is 11.2. The van der Waals surface area contributed by atoms with Gasteiger partial charge in [0.2, 0.25) is 0 Å². The lowest BCUT2D eigenvalue weighted by molar-refractivity contribution is -0.137. The SMILES string of the molecule is O=c1sc2cc([SH](=O)=O)ccc2n1-c1ccc(C(F)(F)F)cc1Cl. The van der Waals surface area contributed by atoms with Crippen molar-refractivity contribution in [2.75, 3.05) is 0 Å². The molecule has 0 aliphatic rings. The van der Waals surface area contributed by atoms with Crippen LogP contribution < -0.4 is 4.87 Å². The molecule has 1 heterocycles. The van der Waals surface area contributed by atoms with Gasteiger partial charge in [-0.15, -0.1) is 0 Å². The first kappa shape index (κ1) is 17.0. The summed E-state index contributed by atoms with van der Waals surface area (Å²) in [6, 6.07) is 6.76. The Kier molecular flexibility index (Phi) is 4.18. The molecule has 1 aromatic heterocycles. The fourth-order valence-electron chi connectivity index (χ4n) is 2.21. The Hall–Kier alpha value is -1.84. The number of halogens is 4. The maximum Gasteiger partial charge on any atom is 0.416 e. The zero-order chi connectivity index (χ0) is 17.6. The van der Waals surface area contributed by atoms with Gasteiger partial charge in [0, 0.05) is 0 Å². The van der Waals surface area contributed by atoms with Crippen molar-refractivity contribution in [3.63, 3.8) is 0 Å². The number of benzene rings is 2. The number of aromatic nitrogens is 1.